The summed E-state index contributed by atoms with van der Waals surface area (Å²) in [6, 6.07) is 6.13. The molecule has 0 aromatic heterocycles. The molecule has 1 heterocycles. The number of ketones is 1. The Morgan fingerprint density at radius 3 is 2.32 bits per heavy atom. The number of aliphatic hydroxyl groups is 1. The maximum absolute atomic E-state index is 12.9. The fraction of sp³-hybridized carbons (Fsp3) is 0.611. The van der Waals surface area contributed by atoms with E-state index in [0.29, 0.717) is 5.56 Å². The zero-order valence-corrected chi connectivity index (χ0v) is 12.9. The Morgan fingerprint density at radius 1 is 1.05 bits per heavy atom. The first-order chi connectivity index (χ1) is 10.6. The van der Waals surface area contributed by atoms with Gasteiger partial charge in [-0.15, -0.1) is 0 Å². The third kappa shape index (κ3) is 3.39. The number of likely N-dealkylation sites (tertiary alicyclic amines) is 1. The highest BCUT2D eigenvalue weighted by Crippen LogP contribution is 2.28. The zero-order valence-electron chi connectivity index (χ0n) is 12.9. The van der Waals surface area contributed by atoms with Crippen molar-refractivity contribution >= 4 is 5.78 Å². The fourth-order valence-electron chi connectivity index (χ4n) is 3.86. The van der Waals surface area contributed by atoms with Crippen molar-refractivity contribution in [2.45, 2.75) is 50.7 Å². The van der Waals surface area contributed by atoms with Gasteiger partial charge in [-0.3, -0.25) is 9.69 Å². The summed E-state index contributed by atoms with van der Waals surface area (Å²) in [4.78, 5) is 14.8. The van der Waals surface area contributed by atoms with Gasteiger partial charge in [0.05, 0.1) is 6.10 Å². The van der Waals surface area contributed by atoms with E-state index in [0.717, 1.165) is 45.2 Å². The van der Waals surface area contributed by atoms with E-state index < -0.39 is 0 Å². The van der Waals surface area contributed by atoms with E-state index in [1.165, 1.54) is 18.6 Å². The lowest BCUT2D eigenvalue weighted by Crippen LogP contribution is -2.49. The van der Waals surface area contributed by atoms with Gasteiger partial charge >= 0.3 is 0 Å². The Balaban J connectivity index is 1.57. The van der Waals surface area contributed by atoms with Crippen molar-refractivity contribution in [3.05, 3.63) is 35.6 Å². The molecule has 2 aliphatic rings. The molecule has 0 radical (unpaired) electrons. The van der Waals surface area contributed by atoms with Gasteiger partial charge in [-0.2, -0.15) is 0 Å². The van der Waals surface area contributed by atoms with Gasteiger partial charge in [0.25, 0.3) is 0 Å². The average molecular weight is 305 g/mol. The van der Waals surface area contributed by atoms with Crippen LogP contribution < -0.4 is 0 Å². The van der Waals surface area contributed by atoms with Crippen LogP contribution in [-0.4, -0.2) is 41.0 Å². The largest absolute Gasteiger partial charge is 0.391 e. The highest BCUT2D eigenvalue weighted by Gasteiger charge is 2.33. The molecule has 22 heavy (non-hydrogen) atoms. The minimum atomic E-state index is -0.308. The first kappa shape index (κ1) is 15.6. The average Bonchev–Trinajstić information content (AvgIpc) is 2.56. The van der Waals surface area contributed by atoms with E-state index in [9.17, 15) is 14.3 Å². The molecule has 1 saturated heterocycles. The molecular formula is C18H24FNO2. The lowest BCUT2D eigenvalue weighted by molar-refractivity contribution is 0.00500. The molecule has 2 atom stereocenters. The summed E-state index contributed by atoms with van der Waals surface area (Å²) < 4.78 is 12.9. The fourth-order valence-corrected chi connectivity index (χ4v) is 3.86. The molecule has 0 bridgehead atoms. The molecule has 0 spiro atoms. The third-order valence-electron chi connectivity index (χ3n) is 5.19. The molecule has 0 unspecified atom stereocenters. The first-order valence-corrected chi connectivity index (χ1v) is 8.37. The van der Waals surface area contributed by atoms with E-state index in [1.54, 1.807) is 12.1 Å². The van der Waals surface area contributed by atoms with E-state index >= 15 is 0 Å². The summed E-state index contributed by atoms with van der Waals surface area (Å²) in [5.74, 6) is -0.149. The number of benzene rings is 1. The number of hydrogen-bond donors (Lipinski definition) is 1. The van der Waals surface area contributed by atoms with E-state index in [-0.39, 0.29) is 29.7 Å². The topological polar surface area (TPSA) is 40.5 Å². The van der Waals surface area contributed by atoms with E-state index in [4.69, 9.17) is 0 Å². The van der Waals surface area contributed by atoms with Crippen LogP contribution in [0.15, 0.2) is 24.3 Å². The Morgan fingerprint density at radius 2 is 1.68 bits per heavy atom. The summed E-state index contributed by atoms with van der Waals surface area (Å²) in [5.41, 5.74) is 0.609. The summed E-state index contributed by atoms with van der Waals surface area (Å²) in [6.07, 6.45) is 5.74. The number of aliphatic hydroxyl groups excluding tert-OH is 1. The molecule has 0 amide bonds. The number of rotatable bonds is 3. The van der Waals surface area contributed by atoms with Crippen LogP contribution in [0.1, 0.15) is 48.9 Å². The minimum absolute atomic E-state index is 0.0300. The minimum Gasteiger partial charge on any atom is -0.391 e. The molecule has 1 aliphatic heterocycles. The Labute approximate surface area is 131 Å². The van der Waals surface area contributed by atoms with Crippen molar-refractivity contribution in [2.75, 3.05) is 13.1 Å². The number of carbonyl (C=O) groups excluding carboxylic acids is 1. The molecule has 2 fully saturated rings. The number of Topliss-reactive ketones (excluding diaryl/α,β-unsaturated/α-hetero) is 1. The van der Waals surface area contributed by atoms with Gasteiger partial charge < -0.3 is 5.11 Å². The van der Waals surface area contributed by atoms with Gasteiger partial charge in [-0.05, 0) is 63.0 Å². The smallest absolute Gasteiger partial charge is 0.166 e. The van der Waals surface area contributed by atoms with Crippen LogP contribution in [0.3, 0.4) is 0 Å². The van der Waals surface area contributed by atoms with Gasteiger partial charge in [0.15, 0.2) is 5.78 Å². The van der Waals surface area contributed by atoms with E-state index in [2.05, 4.69) is 4.90 Å². The van der Waals surface area contributed by atoms with Crippen LogP contribution in [0, 0.1) is 11.7 Å². The molecule has 4 heteroatoms. The summed E-state index contributed by atoms with van der Waals surface area (Å²) in [6.45, 7) is 1.75. The molecule has 120 valence electrons. The van der Waals surface area contributed by atoms with Crippen LogP contribution in [0.25, 0.3) is 0 Å². The molecule has 3 nitrogen and oxygen atoms in total. The monoisotopic (exact) mass is 305 g/mol. The van der Waals surface area contributed by atoms with Gasteiger partial charge in [-0.1, -0.05) is 12.8 Å². The number of carbonyl (C=O) groups is 1. The SMILES string of the molecule is O=C(c1ccc(F)cc1)C1CCN([C@@H]2CCCC[C@H]2O)CC1. The molecule has 3 rings (SSSR count). The van der Waals surface area contributed by atoms with E-state index in [1.807, 2.05) is 0 Å². The predicted molar refractivity (Wildman–Crippen MR) is 83.3 cm³/mol. The number of piperidine rings is 1. The first-order valence-electron chi connectivity index (χ1n) is 8.37. The lowest BCUT2D eigenvalue weighted by Gasteiger charge is -2.41. The molecule has 1 N–H and O–H groups in total. The standard InChI is InChI=1S/C18H24FNO2/c19-15-7-5-13(6-8-15)18(22)14-9-11-20(12-10-14)16-3-1-2-4-17(16)21/h5-8,14,16-17,21H,1-4,9-12H2/t16-,17-/m1/s1. The molecule has 1 aliphatic carbocycles. The van der Waals surface area contributed by atoms with Crippen molar-refractivity contribution in [1.82, 2.24) is 4.90 Å². The van der Waals surface area contributed by atoms with Crippen molar-refractivity contribution in [2.24, 2.45) is 5.92 Å². The lowest BCUT2D eigenvalue weighted by atomic mass is 9.85. The van der Waals surface area contributed by atoms with Gasteiger partial charge in [-0.25, -0.2) is 4.39 Å². The Kier molecular flexibility index (Phi) is 4.89. The summed E-state index contributed by atoms with van der Waals surface area (Å²) in [7, 11) is 0. The van der Waals surface area contributed by atoms with Gasteiger partial charge in [0.2, 0.25) is 0 Å². The number of halogens is 1. The number of nitrogens with zero attached hydrogens (tertiary/aromatic N) is 1. The molecular weight excluding hydrogens is 281 g/mol. The Hall–Kier alpha value is -1.26. The van der Waals surface area contributed by atoms with Crippen molar-refractivity contribution in [1.29, 1.82) is 0 Å². The summed E-state index contributed by atoms with van der Waals surface area (Å²) in [5, 5.41) is 10.2. The second-order valence-electron chi connectivity index (χ2n) is 6.60. The van der Waals surface area contributed by atoms with Crippen LogP contribution in [0.5, 0.6) is 0 Å². The Bertz CT molecular complexity index is 508. The van der Waals surface area contributed by atoms with Gasteiger partial charge in [0, 0.05) is 17.5 Å². The maximum atomic E-state index is 12.9. The van der Waals surface area contributed by atoms with Crippen LogP contribution >= 0.6 is 0 Å². The van der Waals surface area contributed by atoms with Crippen LogP contribution in [0.4, 0.5) is 4.39 Å². The van der Waals surface area contributed by atoms with Crippen molar-refractivity contribution in [3.63, 3.8) is 0 Å². The molecule has 1 saturated carbocycles. The van der Waals surface area contributed by atoms with Gasteiger partial charge in [0.1, 0.15) is 5.82 Å². The highest BCUT2D eigenvalue weighted by atomic mass is 19.1. The number of hydrogen-bond acceptors (Lipinski definition) is 3. The predicted octanol–water partition coefficient (Wildman–Crippen LogP) is 3.02. The van der Waals surface area contributed by atoms with Crippen molar-refractivity contribution < 1.29 is 14.3 Å². The second kappa shape index (κ2) is 6.88. The normalized spacial score (nSPS) is 27.7. The maximum Gasteiger partial charge on any atom is 0.166 e. The quantitative estimate of drug-likeness (QED) is 0.873. The summed E-state index contributed by atoms with van der Waals surface area (Å²) >= 11 is 0. The highest BCUT2D eigenvalue weighted by molar-refractivity contribution is 5.97. The molecule has 1 aromatic carbocycles. The van der Waals surface area contributed by atoms with Crippen LogP contribution in [-0.2, 0) is 0 Å². The zero-order chi connectivity index (χ0) is 15.5. The third-order valence-corrected chi connectivity index (χ3v) is 5.19. The van der Waals surface area contributed by atoms with Crippen LogP contribution in [0.2, 0.25) is 0 Å². The molecule has 1 aromatic rings. The second-order valence-corrected chi connectivity index (χ2v) is 6.60. The van der Waals surface area contributed by atoms with Crippen molar-refractivity contribution in [3.8, 4) is 0 Å².